The minimum atomic E-state index is 0.943. The number of hydrogen-bond acceptors (Lipinski definition) is 4. The van der Waals surface area contributed by atoms with Crippen molar-refractivity contribution in [3.05, 3.63) is 52.7 Å². The van der Waals surface area contributed by atoms with Crippen molar-refractivity contribution < 1.29 is 0 Å². The van der Waals surface area contributed by atoms with Crippen molar-refractivity contribution in [3.8, 4) is 21.8 Å². The molecular formula is C17H15N3S. The third kappa shape index (κ3) is 2.25. The Morgan fingerprint density at radius 2 is 1.90 bits per heavy atom. The SMILES string of the molecule is Cc1ncc(-c2cc3c(nn2)-c2ccccc2CCC3)s1. The van der Waals surface area contributed by atoms with E-state index in [1.54, 1.807) is 11.3 Å². The van der Waals surface area contributed by atoms with Crippen LogP contribution in [0, 0.1) is 6.92 Å². The molecule has 2 aromatic heterocycles. The van der Waals surface area contributed by atoms with Gasteiger partial charge in [-0.25, -0.2) is 4.98 Å². The summed E-state index contributed by atoms with van der Waals surface area (Å²) in [7, 11) is 0. The standard InChI is InChI=1S/C17H15N3S/c1-11-18-10-16(21-11)15-9-13-7-4-6-12-5-2-3-8-14(12)17(13)20-19-15/h2-3,5,8-10H,4,6-7H2,1H3. The second kappa shape index (κ2) is 5.04. The summed E-state index contributed by atoms with van der Waals surface area (Å²) in [6, 6.07) is 10.7. The Morgan fingerprint density at radius 3 is 2.76 bits per heavy atom. The number of aromatic nitrogens is 3. The number of aryl methyl sites for hydroxylation is 3. The van der Waals surface area contributed by atoms with E-state index in [2.05, 4.69) is 45.5 Å². The maximum absolute atomic E-state index is 4.54. The molecule has 0 radical (unpaired) electrons. The van der Waals surface area contributed by atoms with Gasteiger partial charge in [-0.15, -0.1) is 21.5 Å². The summed E-state index contributed by atoms with van der Waals surface area (Å²) >= 11 is 1.67. The van der Waals surface area contributed by atoms with E-state index in [9.17, 15) is 0 Å². The Hall–Kier alpha value is -2.07. The summed E-state index contributed by atoms with van der Waals surface area (Å²) in [5.41, 5.74) is 5.92. The fraction of sp³-hybridized carbons (Fsp3) is 0.235. The summed E-state index contributed by atoms with van der Waals surface area (Å²) in [4.78, 5) is 5.41. The third-order valence-electron chi connectivity index (χ3n) is 3.91. The molecule has 0 spiro atoms. The van der Waals surface area contributed by atoms with E-state index in [0.717, 1.165) is 40.5 Å². The van der Waals surface area contributed by atoms with E-state index < -0.39 is 0 Å². The van der Waals surface area contributed by atoms with E-state index in [1.165, 1.54) is 16.7 Å². The molecule has 0 fully saturated rings. The van der Waals surface area contributed by atoms with Crippen LogP contribution >= 0.6 is 11.3 Å². The minimum Gasteiger partial charge on any atom is -0.249 e. The largest absolute Gasteiger partial charge is 0.249 e. The number of benzene rings is 1. The van der Waals surface area contributed by atoms with E-state index in [1.807, 2.05) is 13.1 Å². The predicted molar refractivity (Wildman–Crippen MR) is 85.3 cm³/mol. The Balaban J connectivity index is 1.85. The normalized spacial score (nSPS) is 13.4. The van der Waals surface area contributed by atoms with Crippen LogP contribution in [0.5, 0.6) is 0 Å². The zero-order valence-corrected chi connectivity index (χ0v) is 12.7. The highest BCUT2D eigenvalue weighted by molar-refractivity contribution is 7.15. The van der Waals surface area contributed by atoms with Gasteiger partial charge >= 0.3 is 0 Å². The van der Waals surface area contributed by atoms with Crippen LogP contribution in [0.2, 0.25) is 0 Å². The van der Waals surface area contributed by atoms with Crippen LogP contribution in [0.25, 0.3) is 21.8 Å². The van der Waals surface area contributed by atoms with Crippen LogP contribution in [-0.4, -0.2) is 15.2 Å². The second-order valence-electron chi connectivity index (χ2n) is 5.36. The number of nitrogens with zero attached hydrogens (tertiary/aromatic N) is 3. The first-order chi connectivity index (χ1) is 10.3. The quantitative estimate of drug-likeness (QED) is 0.679. The van der Waals surface area contributed by atoms with Gasteiger partial charge in [-0.2, -0.15) is 0 Å². The van der Waals surface area contributed by atoms with Crippen LogP contribution in [0.1, 0.15) is 22.6 Å². The maximum atomic E-state index is 4.54. The highest BCUT2D eigenvalue weighted by atomic mass is 32.1. The lowest BCUT2D eigenvalue weighted by Gasteiger charge is -2.08. The molecule has 1 aliphatic rings. The molecule has 21 heavy (non-hydrogen) atoms. The van der Waals surface area contributed by atoms with Crippen molar-refractivity contribution >= 4 is 11.3 Å². The number of hydrogen-bond donors (Lipinski definition) is 0. The molecule has 0 N–H and O–H groups in total. The van der Waals surface area contributed by atoms with Crippen LogP contribution in [0.3, 0.4) is 0 Å². The summed E-state index contributed by atoms with van der Waals surface area (Å²) in [6.07, 6.45) is 5.23. The first kappa shape index (κ1) is 12.7. The second-order valence-corrected chi connectivity index (χ2v) is 6.59. The minimum absolute atomic E-state index is 0.943. The Bertz CT molecular complexity index is 807. The molecule has 1 aromatic carbocycles. The van der Waals surface area contributed by atoms with Gasteiger partial charge in [0.25, 0.3) is 0 Å². The molecule has 0 atom stereocenters. The fourth-order valence-corrected chi connectivity index (χ4v) is 3.62. The van der Waals surface area contributed by atoms with E-state index in [-0.39, 0.29) is 0 Å². The molecule has 0 amide bonds. The van der Waals surface area contributed by atoms with Gasteiger partial charge in [-0.1, -0.05) is 24.3 Å². The molecule has 0 unspecified atom stereocenters. The van der Waals surface area contributed by atoms with Crippen LogP contribution in [0.15, 0.2) is 36.5 Å². The molecule has 3 aromatic rings. The highest BCUT2D eigenvalue weighted by Crippen LogP contribution is 2.33. The Morgan fingerprint density at radius 1 is 1.05 bits per heavy atom. The van der Waals surface area contributed by atoms with Crippen molar-refractivity contribution in [1.29, 1.82) is 0 Å². The van der Waals surface area contributed by atoms with Gasteiger partial charge in [-0.05, 0) is 43.4 Å². The zero-order valence-electron chi connectivity index (χ0n) is 11.8. The molecule has 0 saturated carbocycles. The lowest BCUT2D eigenvalue weighted by molar-refractivity contribution is 0.830. The van der Waals surface area contributed by atoms with Crippen molar-refractivity contribution in [3.63, 3.8) is 0 Å². The number of fused-ring (bicyclic) bond motifs is 3. The van der Waals surface area contributed by atoms with E-state index in [0.29, 0.717) is 0 Å². The Kier molecular flexibility index (Phi) is 3.04. The number of rotatable bonds is 1. The molecule has 3 nitrogen and oxygen atoms in total. The average Bonchev–Trinajstić information content (AvgIpc) is 2.86. The van der Waals surface area contributed by atoms with Crippen molar-refractivity contribution in [2.45, 2.75) is 26.2 Å². The monoisotopic (exact) mass is 293 g/mol. The smallest absolute Gasteiger partial charge is 0.105 e. The van der Waals surface area contributed by atoms with Gasteiger partial charge in [-0.3, -0.25) is 0 Å². The van der Waals surface area contributed by atoms with Gasteiger partial charge in [0.1, 0.15) is 5.69 Å². The first-order valence-corrected chi connectivity index (χ1v) is 8.00. The fourth-order valence-electron chi connectivity index (χ4n) is 2.89. The van der Waals surface area contributed by atoms with Gasteiger partial charge in [0.15, 0.2) is 0 Å². The van der Waals surface area contributed by atoms with Crippen molar-refractivity contribution in [2.75, 3.05) is 0 Å². The van der Waals surface area contributed by atoms with Gasteiger partial charge in [0.05, 0.1) is 15.6 Å². The van der Waals surface area contributed by atoms with Crippen molar-refractivity contribution in [1.82, 2.24) is 15.2 Å². The third-order valence-corrected chi connectivity index (χ3v) is 4.85. The van der Waals surface area contributed by atoms with Crippen LogP contribution < -0.4 is 0 Å². The predicted octanol–water partition coefficient (Wildman–Crippen LogP) is 4.06. The first-order valence-electron chi connectivity index (χ1n) is 7.19. The van der Waals surface area contributed by atoms with Crippen molar-refractivity contribution in [2.24, 2.45) is 0 Å². The number of thiazole rings is 1. The molecular weight excluding hydrogens is 278 g/mol. The summed E-state index contributed by atoms with van der Waals surface area (Å²) in [5, 5.41) is 10.0. The van der Waals surface area contributed by atoms with Crippen LogP contribution in [0.4, 0.5) is 0 Å². The van der Waals surface area contributed by atoms with E-state index in [4.69, 9.17) is 0 Å². The molecule has 1 aliphatic carbocycles. The van der Waals surface area contributed by atoms with Gasteiger partial charge in [0, 0.05) is 11.8 Å². The van der Waals surface area contributed by atoms with Gasteiger partial charge in [0.2, 0.25) is 0 Å². The molecule has 4 rings (SSSR count). The summed E-state index contributed by atoms with van der Waals surface area (Å²) < 4.78 is 0. The Labute approximate surface area is 127 Å². The van der Waals surface area contributed by atoms with Gasteiger partial charge < -0.3 is 0 Å². The zero-order chi connectivity index (χ0) is 14.2. The molecule has 0 saturated heterocycles. The molecule has 4 heteroatoms. The molecule has 0 bridgehead atoms. The highest BCUT2D eigenvalue weighted by Gasteiger charge is 2.17. The molecule has 0 aliphatic heterocycles. The molecule has 104 valence electrons. The lowest BCUT2D eigenvalue weighted by Crippen LogP contribution is -1.96. The topological polar surface area (TPSA) is 38.7 Å². The lowest BCUT2D eigenvalue weighted by atomic mass is 10.0. The maximum Gasteiger partial charge on any atom is 0.105 e. The summed E-state index contributed by atoms with van der Waals surface area (Å²) in [6.45, 7) is 2.02. The summed E-state index contributed by atoms with van der Waals surface area (Å²) in [5.74, 6) is 0. The molecule has 2 heterocycles. The van der Waals surface area contributed by atoms with Crippen LogP contribution in [-0.2, 0) is 12.8 Å². The average molecular weight is 293 g/mol. The van der Waals surface area contributed by atoms with E-state index >= 15 is 0 Å².